The van der Waals surface area contributed by atoms with E-state index in [1.165, 1.54) is 12.1 Å². The van der Waals surface area contributed by atoms with Crippen LogP contribution in [0.3, 0.4) is 0 Å². The highest BCUT2D eigenvalue weighted by molar-refractivity contribution is 6.32. The average molecular weight is 289 g/mol. The van der Waals surface area contributed by atoms with Crippen molar-refractivity contribution in [2.45, 2.75) is 0 Å². The second kappa shape index (κ2) is 4.54. The van der Waals surface area contributed by atoms with Crippen molar-refractivity contribution in [3.05, 3.63) is 47.0 Å². The summed E-state index contributed by atoms with van der Waals surface area (Å²) in [5.74, 6) is -1.03. The second-order valence-corrected chi connectivity index (χ2v) is 4.68. The Kier molecular flexibility index (Phi) is 2.84. The van der Waals surface area contributed by atoms with Crippen molar-refractivity contribution in [3.63, 3.8) is 0 Å². The number of hydrogen-bond acceptors (Lipinski definition) is 3. The first-order chi connectivity index (χ1) is 9.58. The monoisotopic (exact) mass is 288 g/mol. The number of aromatic carboxylic acids is 1. The number of aromatic nitrogens is 2. The van der Waals surface area contributed by atoms with Crippen LogP contribution in [0.1, 0.15) is 10.4 Å². The molecule has 0 atom stereocenters. The van der Waals surface area contributed by atoms with Gasteiger partial charge in [0.15, 0.2) is 0 Å². The lowest BCUT2D eigenvalue weighted by atomic mass is 10.1. The van der Waals surface area contributed by atoms with E-state index in [1.807, 2.05) is 0 Å². The summed E-state index contributed by atoms with van der Waals surface area (Å²) in [6, 6.07) is 9.67. The minimum atomic E-state index is -1.02. The van der Waals surface area contributed by atoms with E-state index in [1.54, 1.807) is 24.3 Å². The van der Waals surface area contributed by atoms with Crippen LogP contribution >= 0.6 is 11.6 Å². The third-order valence-corrected chi connectivity index (χ3v) is 3.35. The van der Waals surface area contributed by atoms with Gasteiger partial charge >= 0.3 is 5.97 Å². The number of H-pyrrole nitrogens is 1. The van der Waals surface area contributed by atoms with Crippen LogP contribution in [0.4, 0.5) is 0 Å². The van der Waals surface area contributed by atoms with Gasteiger partial charge in [0.05, 0.1) is 21.8 Å². The molecule has 0 bridgehead atoms. The predicted molar refractivity (Wildman–Crippen MR) is 75.2 cm³/mol. The Bertz CT molecular complexity index is 826. The number of rotatable bonds is 2. The number of nitrogens with zero attached hydrogens (tertiary/aromatic N) is 1. The van der Waals surface area contributed by atoms with Crippen LogP contribution in [-0.4, -0.2) is 26.4 Å². The fourth-order valence-corrected chi connectivity index (χ4v) is 2.28. The molecule has 0 aliphatic heterocycles. The first-order valence-corrected chi connectivity index (χ1v) is 6.15. The fraction of sp³-hybridized carbons (Fsp3) is 0. The topological polar surface area (TPSA) is 86.2 Å². The number of carboxylic acid groups (broad SMARTS) is 1. The molecule has 3 aromatic rings. The lowest BCUT2D eigenvalue weighted by Gasteiger charge is -2.01. The largest absolute Gasteiger partial charge is 0.506 e. The summed E-state index contributed by atoms with van der Waals surface area (Å²) in [7, 11) is 0. The van der Waals surface area contributed by atoms with E-state index in [4.69, 9.17) is 16.7 Å². The highest BCUT2D eigenvalue weighted by Crippen LogP contribution is 2.32. The molecule has 1 heterocycles. The molecule has 3 N–H and O–H groups in total. The van der Waals surface area contributed by atoms with Gasteiger partial charge in [-0.25, -0.2) is 4.79 Å². The zero-order valence-corrected chi connectivity index (χ0v) is 10.8. The highest BCUT2D eigenvalue weighted by atomic mass is 35.5. The lowest BCUT2D eigenvalue weighted by Crippen LogP contribution is -1.96. The maximum absolute atomic E-state index is 11.2. The number of phenols is 1. The Morgan fingerprint density at radius 2 is 2.05 bits per heavy atom. The first kappa shape index (κ1) is 12.5. The van der Waals surface area contributed by atoms with Gasteiger partial charge in [0.25, 0.3) is 0 Å². The van der Waals surface area contributed by atoms with Crippen molar-refractivity contribution in [3.8, 4) is 17.0 Å². The van der Waals surface area contributed by atoms with Crippen molar-refractivity contribution in [2.24, 2.45) is 0 Å². The Balaban J connectivity index is 2.25. The Morgan fingerprint density at radius 1 is 1.25 bits per heavy atom. The van der Waals surface area contributed by atoms with Crippen LogP contribution in [0.5, 0.6) is 5.75 Å². The van der Waals surface area contributed by atoms with E-state index in [2.05, 4.69) is 10.2 Å². The summed E-state index contributed by atoms with van der Waals surface area (Å²) in [5, 5.41) is 26.4. The summed E-state index contributed by atoms with van der Waals surface area (Å²) in [5.41, 5.74) is 1.90. The Labute approximate surface area is 118 Å². The number of hydrogen-bond donors (Lipinski definition) is 3. The number of fused-ring (bicyclic) bond motifs is 1. The SMILES string of the molecule is O=C(O)c1cccc2c(-c3ccc(O)c(Cl)c3)n[nH]c12. The summed E-state index contributed by atoms with van der Waals surface area (Å²) in [4.78, 5) is 11.2. The van der Waals surface area contributed by atoms with Crippen LogP contribution in [0, 0.1) is 0 Å². The molecule has 6 heteroatoms. The number of nitrogens with one attached hydrogen (secondary N) is 1. The van der Waals surface area contributed by atoms with Crippen molar-refractivity contribution in [1.82, 2.24) is 10.2 Å². The molecule has 0 aliphatic carbocycles. The maximum Gasteiger partial charge on any atom is 0.337 e. The molecule has 100 valence electrons. The minimum absolute atomic E-state index is 0.0125. The summed E-state index contributed by atoms with van der Waals surface area (Å²) in [6.07, 6.45) is 0. The normalized spacial score (nSPS) is 10.8. The fourth-order valence-electron chi connectivity index (χ4n) is 2.09. The van der Waals surface area contributed by atoms with E-state index >= 15 is 0 Å². The van der Waals surface area contributed by atoms with Gasteiger partial charge < -0.3 is 10.2 Å². The van der Waals surface area contributed by atoms with Crippen LogP contribution < -0.4 is 0 Å². The number of halogens is 1. The summed E-state index contributed by atoms with van der Waals surface area (Å²) in [6.45, 7) is 0. The van der Waals surface area contributed by atoms with Gasteiger partial charge in [-0.1, -0.05) is 23.7 Å². The number of aromatic amines is 1. The number of phenolic OH excluding ortho intramolecular Hbond substituents is 1. The standard InChI is InChI=1S/C14H9ClN2O3/c15-10-6-7(4-5-11(10)18)12-8-2-1-3-9(14(19)20)13(8)17-16-12/h1-6,18H,(H,16,17)(H,19,20). The second-order valence-electron chi connectivity index (χ2n) is 4.27. The molecule has 3 rings (SSSR count). The quantitative estimate of drug-likeness (QED) is 0.675. The summed E-state index contributed by atoms with van der Waals surface area (Å²) < 4.78 is 0. The molecular formula is C14H9ClN2O3. The highest BCUT2D eigenvalue weighted by Gasteiger charge is 2.15. The molecule has 0 unspecified atom stereocenters. The number of carboxylic acids is 1. The van der Waals surface area contributed by atoms with Gasteiger partial charge in [-0.05, 0) is 24.3 Å². The molecule has 1 aromatic heterocycles. The Morgan fingerprint density at radius 3 is 2.75 bits per heavy atom. The number of aromatic hydroxyl groups is 1. The molecule has 0 fully saturated rings. The molecule has 20 heavy (non-hydrogen) atoms. The third-order valence-electron chi connectivity index (χ3n) is 3.05. The van der Waals surface area contributed by atoms with Gasteiger partial charge in [-0.3, -0.25) is 5.10 Å². The number of para-hydroxylation sites is 1. The number of benzene rings is 2. The van der Waals surface area contributed by atoms with Crippen molar-refractivity contribution in [1.29, 1.82) is 0 Å². The summed E-state index contributed by atoms with van der Waals surface area (Å²) >= 11 is 5.88. The van der Waals surface area contributed by atoms with Gasteiger partial charge in [0.1, 0.15) is 5.75 Å². The Hall–Kier alpha value is -2.53. The van der Waals surface area contributed by atoms with E-state index in [0.717, 1.165) is 0 Å². The molecule has 0 spiro atoms. The van der Waals surface area contributed by atoms with Crippen LogP contribution in [-0.2, 0) is 0 Å². The van der Waals surface area contributed by atoms with Gasteiger partial charge in [0, 0.05) is 10.9 Å². The average Bonchev–Trinajstić information content (AvgIpc) is 2.85. The number of carbonyl (C=O) groups is 1. The molecule has 0 aliphatic rings. The van der Waals surface area contributed by atoms with E-state index in [-0.39, 0.29) is 16.3 Å². The van der Waals surface area contributed by atoms with Crippen LogP contribution in [0.15, 0.2) is 36.4 Å². The van der Waals surface area contributed by atoms with Crippen molar-refractivity contribution >= 4 is 28.5 Å². The van der Waals surface area contributed by atoms with E-state index in [9.17, 15) is 9.90 Å². The van der Waals surface area contributed by atoms with E-state index in [0.29, 0.717) is 22.2 Å². The van der Waals surface area contributed by atoms with Crippen molar-refractivity contribution < 1.29 is 15.0 Å². The predicted octanol–water partition coefficient (Wildman–Crippen LogP) is 3.29. The smallest absolute Gasteiger partial charge is 0.337 e. The van der Waals surface area contributed by atoms with Crippen molar-refractivity contribution in [2.75, 3.05) is 0 Å². The lowest BCUT2D eigenvalue weighted by molar-refractivity contribution is 0.0699. The van der Waals surface area contributed by atoms with Crippen LogP contribution in [0.25, 0.3) is 22.2 Å². The van der Waals surface area contributed by atoms with Gasteiger partial charge in [-0.15, -0.1) is 0 Å². The molecule has 0 saturated carbocycles. The third kappa shape index (κ3) is 1.88. The molecule has 2 aromatic carbocycles. The molecular weight excluding hydrogens is 280 g/mol. The van der Waals surface area contributed by atoms with Crippen LogP contribution in [0.2, 0.25) is 5.02 Å². The molecule has 0 saturated heterocycles. The van der Waals surface area contributed by atoms with Gasteiger partial charge in [0.2, 0.25) is 0 Å². The molecule has 0 radical (unpaired) electrons. The van der Waals surface area contributed by atoms with E-state index < -0.39 is 5.97 Å². The van der Waals surface area contributed by atoms with Gasteiger partial charge in [-0.2, -0.15) is 5.10 Å². The molecule has 5 nitrogen and oxygen atoms in total. The zero-order chi connectivity index (χ0) is 14.3. The first-order valence-electron chi connectivity index (χ1n) is 5.77. The zero-order valence-electron chi connectivity index (χ0n) is 10.1. The maximum atomic E-state index is 11.2. The minimum Gasteiger partial charge on any atom is -0.506 e. The molecule has 0 amide bonds.